The Balaban J connectivity index is 0.000000396. The van der Waals surface area contributed by atoms with Crippen LogP contribution in [0, 0.1) is 0 Å². The van der Waals surface area contributed by atoms with E-state index in [-0.39, 0.29) is 5.91 Å². The molecule has 1 fully saturated rings. The van der Waals surface area contributed by atoms with Gasteiger partial charge in [-0.1, -0.05) is 11.6 Å². The van der Waals surface area contributed by atoms with Crippen LogP contribution < -0.4 is 15.4 Å². The molecule has 3 rings (SSSR count). The topological polar surface area (TPSA) is 105 Å². The highest BCUT2D eigenvalue weighted by Crippen LogP contribution is 2.28. The predicted molar refractivity (Wildman–Crippen MR) is 103 cm³/mol. The molecule has 1 saturated heterocycles. The lowest BCUT2D eigenvalue weighted by molar-refractivity contribution is -0.192. The fourth-order valence-electron chi connectivity index (χ4n) is 2.69. The van der Waals surface area contributed by atoms with Crippen molar-refractivity contribution in [3.63, 3.8) is 0 Å². The highest BCUT2D eigenvalue weighted by atomic mass is 35.5. The Morgan fingerprint density at radius 1 is 1.33 bits per heavy atom. The first-order valence-electron chi connectivity index (χ1n) is 8.81. The third kappa shape index (κ3) is 6.63. The number of benzene rings is 1. The van der Waals surface area contributed by atoms with E-state index in [4.69, 9.17) is 26.2 Å². The minimum atomic E-state index is -5.08. The predicted octanol–water partition coefficient (Wildman–Crippen LogP) is 3.36. The summed E-state index contributed by atoms with van der Waals surface area (Å²) in [6.45, 7) is 1.96. The molecule has 0 atom stereocenters. The van der Waals surface area contributed by atoms with Gasteiger partial charge >= 0.3 is 12.1 Å². The summed E-state index contributed by atoms with van der Waals surface area (Å²) in [5.41, 5.74) is 1.11. The van der Waals surface area contributed by atoms with E-state index in [0.29, 0.717) is 28.1 Å². The first-order valence-corrected chi connectivity index (χ1v) is 9.19. The number of piperidine rings is 1. The van der Waals surface area contributed by atoms with Gasteiger partial charge in [-0.05, 0) is 38.1 Å². The third-order valence-corrected chi connectivity index (χ3v) is 4.44. The first kappa shape index (κ1) is 23.5. The molecule has 30 heavy (non-hydrogen) atoms. The number of alkyl halides is 3. The van der Waals surface area contributed by atoms with Gasteiger partial charge in [0.2, 0.25) is 0 Å². The van der Waals surface area contributed by atoms with Crippen molar-refractivity contribution in [1.29, 1.82) is 0 Å². The van der Waals surface area contributed by atoms with Crippen LogP contribution in [-0.2, 0) is 4.79 Å². The van der Waals surface area contributed by atoms with Gasteiger partial charge in [0.15, 0.2) is 0 Å². The lowest BCUT2D eigenvalue weighted by Gasteiger charge is -2.22. The Morgan fingerprint density at radius 2 is 1.97 bits per heavy atom. The molecule has 0 unspecified atom stereocenters. The number of carbonyl (C=O) groups is 2. The van der Waals surface area contributed by atoms with Gasteiger partial charge in [0.25, 0.3) is 5.91 Å². The molecule has 1 aliphatic rings. The number of nitrogens with one attached hydrogen (secondary N) is 2. The number of amides is 1. The average molecular weight is 449 g/mol. The van der Waals surface area contributed by atoms with E-state index in [0.717, 1.165) is 25.9 Å². The van der Waals surface area contributed by atoms with Crippen molar-refractivity contribution in [1.82, 2.24) is 15.1 Å². The van der Waals surface area contributed by atoms with E-state index in [1.165, 1.54) is 7.11 Å². The van der Waals surface area contributed by atoms with Crippen LogP contribution in [0.5, 0.6) is 5.75 Å². The summed E-state index contributed by atoms with van der Waals surface area (Å²) < 4.78 is 38.9. The normalized spacial score (nSPS) is 14.4. The monoisotopic (exact) mass is 448 g/mol. The number of aliphatic carboxylic acids is 1. The van der Waals surface area contributed by atoms with Crippen molar-refractivity contribution in [2.24, 2.45) is 0 Å². The molecule has 8 nitrogen and oxygen atoms in total. The Morgan fingerprint density at radius 3 is 2.53 bits per heavy atom. The van der Waals surface area contributed by atoms with Gasteiger partial charge < -0.3 is 20.5 Å². The largest absolute Gasteiger partial charge is 0.495 e. The fourth-order valence-corrected chi connectivity index (χ4v) is 2.85. The maximum absolute atomic E-state index is 12.4. The second-order valence-corrected chi connectivity index (χ2v) is 6.73. The highest BCUT2D eigenvalue weighted by molar-refractivity contribution is 6.30. The van der Waals surface area contributed by atoms with Crippen LogP contribution in [0.3, 0.4) is 0 Å². The van der Waals surface area contributed by atoms with Crippen LogP contribution >= 0.6 is 11.6 Å². The van der Waals surface area contributed by atoms with Crippen molar-refractivity contribution in [2.75, 3.05) is 25.5 Å². The molecule has 0 spiro atoms. The molecule has 0 bridgehead atoms. The van der Waals surface area contributed by atoms with Crippen molar-refractivity contribution in [2.45, 2.75) is 25.1 Å². The molecule has 1 aliphatic heterocycles. The van der Waals surface area contributed by atoms with E-state index in [2.05, 4.69) is 15.7 Å². The summed E-state index contributed by atoms with van der Waals surface area (Å²) in [6, 6.07) is 5.44. The third-order valence-electron chi connectivity index (χ3n) is 4.20. The van der Waals surface area contributed by atoms with E-state index < -0.39 is 12.1 Å². The number of carboxylic acid groups (broad SMARTS) is 1. The molecule has 2 heterocycles. The number of methoxy groups -OCH3 is 1. The molecule has 0 saturated carbocycles. The highest BCUT2D eigenvalue weighted by Gasteiger charge is 2.38. The van der Waals surface area contributed by atoms with Crippen LogP contribution in [0.15, 0.2) is 30.6 Å². The van der Waals surface area contributed by atoms with Crippen LogP contribution in [0.2, 0.25) is 5.02 Å². The van der Waals surface area contributed by atoms with Crippen LogP contribution in [0.4, 0.5) is 18.9 Å². The molecule has 2 aromatic rings. The molecule has 0 aliphatic carbocycles. The zero-order valence-electron chi connectivity index (χ0n) is 15.9. The van der Waals surface area contributed by atoms with Gasteiger partial charge in [-0.3, -0.25) is 9.48 Å². The number of nitrogens with zero attached hydrogens (tertiary/aromatic N) is 2. The smallest absolute Gasteiger partial charge is 0.490 e. The van der Waals surface area contributed by atoms with Gasteiger partial charge in [0.1, 0.15) is 5.75 Å². The molecule has 1 aromatic heterocycles. The Labute approximate surface area is 175 Å². The number of rotatable bonds is 4. The first-order chi connectivity index (χ1) is 14.1. The minimum Gasteiger partial charge on any atom is -0.495 e. The standard InChI is InChI=1S/C16H19ClN4O2.C2HF3O2/c1-23-15-8-12(17)2-3-14(15)20-16(22)11-9-19-21(10-11)13-4-6-18-7-5-13;3-2(4,5)1(6)7/h2-3,8-10,13,18H,4-7H2,1H3,(H,20,22);(H,6,7). The van der Waals surface area contributed by atoms with Crippen molar-refractivity contribution >= 4 is 29.2 Å². The summed E-state index contributed by atoms with van der Waals surface area (Å²) in [7, 11) is 1.54. The molecular formula is C18H20ClF3N4O4. The summed E-state index contributed by atoms with van der Waals surface area (Å²) in [6.07, 6.45) is 0.356. The minimum absolute atomic E-state index is 0.217. The van der Waals surface area contributed by atoms with Gasteiger partial charge in [-0.2, -0.15) is 18.3 Å². The van der Waals surface area contributed by atoms with Crippen LogP contribution in [-0.4, -0.2) is 53.1 Å². The van der Waals surface area contributed by atoms with Gasteiger partial charge in [-0.25, -0.2) is 4.79 Å². The number of aromatic nitrogens is 2. The number of carboxylic acids is 1. The molecule has 164 valence electrons. The summed E-state index contributed by atoms with van der Waals surface area (Å²) in [5, 5.41) is 18.2. The summed E-state index contributed by atoms with van der Waals surface area (Å²) in [4.78, 5) is 21.3. The summed E-state index contributed by atoms with van der Waals surface area (Å²) in [5.74, 6) is -2.45. The number of hydrogen-bond donors (Lipinski definition) is 3. The van der Waals surface area contributed by atoms with E-state index in [1.807, 2.05) is 4.68 Å². The van der Waals surface area contributed by atoms with Crippen molar-refractivity contribution < 1.29 is 32.6 Å². The van der Waals surface area contributed by atoms with Crippen molar-refractivity contribution in [3.05, 3.63) is 41.2 Å². The van der Waals surface area contributed by atoms with E-state index >= 15 is 0 Å². The SMILES string of the molecule is COc1cc(Cl)ccc1NC(=O)c1cnn(C2CCNCC2)c1.O=C(O)C(F)(F)F. The van der Waals surface area contributed by atoms with Gasteiger partial charge in [0, 0.05) is 17.3 Å². The quantitative estimate of drug-likeness (QED) is 0.662. The number of ether oxygens (including phenoxy) is 1. The number of anilines is 1. The van der Waals surface area contributed by atoms with Gasteiger partial charge in [0.05, 0.1) is 30.6 Å². The number of carbonyl (C=O) groups excluding carboxylic acids is 1. The van der Waals surface area contributed by atoms with Gasteiger partial charge in [-0.15, -0.1) is 0 Å². The molecule has 3 N–H and O–H groups in total. The maximum atomic E-state index is 12.4. The lowest BCUT2D eigenvalue weighted by Crippen LogP contribution is -2.29. The number of hydrogen-bond acceptors (Lipinski definition) is 5. The fraction of sp³-hybridized carbons (Fsp3) is 0.389. The molecule has 12 heteroatoms. The Kier molecular flexibility index (Phi) is 8.07. The Bertz CT molecular complexity index is 883. The second-order valence-electron chi connectivity index (χ2n) is 6.29. The second kappa shape index (κ2) is 10.3. The summed E-state index contributed by atoms with van der Waals surface area (Å²) >= 11 is 5.93. The van der Waals surface area contributed by atoms with Crippen LogP contribution in [0.1, 0.15) is 29.2 Å². The molecule has 1 amide bonds. The average Bonchev–Trinajstić information content (AvgIpc) is 3.20. The molecular weight excluding hydrogens is 429 g/mol. The lowest BCUT2D eigenvalue weighted by atomic mass is 10.1. The molecule has 0 radical (unpaired) electrons. The number of halogens is 4. The van der Waals surface area contributed by atoms with Crippen LogP contribution in [0.25, 0.3) is 0 Å². The maximum Gasteiger partial charge on any atom is 0.490 e. The van der Waals surface area contributed by atoms with E-state index in [9.17, 15) is 18.0 Å². The molecule has 1 aromatic carbocycles. The Hall–Kier alpha value is -2.79. The zero-order chi connectivity index (χ0) is 22.3. The van der Waals surface area contributed by atoms with E-state index in [1.54, 1.807) is 30.6 Å². The zero-order valence-corrected chi connectivity index (χ0v) is 16.6. The van der Waals surface area contributed by atoms with Crippen molar-refractivity contribution in [3.8, 4) is 5.75 Å².